The van der Waals surface area contributed by atoms with Crippen molar-refractivity contribution >= 4 is 5.91 Å². The van der Waals surface area contributed by atoms with Gasteiger partial charge in [-0.25, -0.2) is 0 Å². The van der Waals surface area contributed by atoms with Gasteiger partial charge in [0.2, 0.25) is 5.91 Å². The lowest BCUT2D eigenvalue weighted by molar-refractivity contribution is -0.122. The molecule has 1 aliphatic heterocycles. The molecule has 0 aromatic heterocycles. The van der Waals surface area contributed by atoms with Gasteiger partial charge in [-0.3, -0.25) is 4.79 Å². The summed E-state index contributed by atoms with van der Waals surface area (Å²) in [7, 11) is 2.10. The molecule has 126 valence electrons. The molecule has 0 bridgehead atoms. The molecule has 2 unspecified atom stereocenters. The van der Waals surface area contributed by atoms with Crippen molar-refractivity contribution in [2.45, 2.75) is 51.2 Å². The van der Waals surface area contributed by atoms with Crippen LogP contribution in [0.15, 0.2) is 11.6 Å². The first-order valence-electron chi connectivity index (χ1n) is 8.64. The van der Waals surface area contributed by atoms with E-state index in [-0.39, 0.29) is 18.1 Å². The fourth-order valence-electron chi connectivity index (χ4n) is 3.02. The molecule has 0 saturated carbocycles. The molecule has 1 fully saturated rings. The van der Waals surface area contributed by atoms with Crippen molar-refractivity contribution in [1.82, 2.24) is 15.5 Å². The van der Waals surface area contributed by atoms with E-state index in [0.717, 1.165) is 39.2 Å². The van der Waals surface area contributed by atoms with Crippen LogP contribution in [0, 0.1) is 0 Å². The number of rotatable bonds is 7. The monoisotopic (exact) mass is 309 g/mol. The molecule has 5 nitrogen and oxygen atoms in total. The minimum atomic E-state index is -0.170. The number of morpholine rings is 1. The van der Waals surface area contributed by atoms with Gasteiger partial charge in [-0.15, -0.1) is 0 Å². The normalized spacial score (nSPS) is 24.6. The first-order chi connectivity index (χ1) is 10.6. The third-order valence-corrected chi connectivity index (χ3v) is 4.52. The number of carbonyl (C=O) groups is 1. The fraction of sp³-hybridized carbons (Fsp3) is 0.824. The average molecular weight is 309 g/mol. The highest BCUT2D eigenvalue weighted by atomic mass is 16.5. The molecular weight excluding hydrogens is 278 g/mol. The second-order valence-electron chi connectivity index (χ2n) is 6.53. The summed E-state index contributed by atoms with van der Waals surface area (Å²) in [4.78, 5) is 14.3. The highest BCUT2D eigenvalue weighted by molar-refractivity contribution is 5.81. The van der Waals surface area contributed by atoms with Crippen molar-refractivity contribution < 1.29 is 9.53 Å². The van der Waals surface area contributed by atoms with Gasteiger partial charge in [-0.2, -0.15) is 0 Å². The molecule has 0 aromatic rings. The smallest absolute Gasteiger partial charge is 0.236 e. The molecule has 1 heterocycles. The lowest BCUT2D eigenvalue weighted by Gasteiger charge is -2.30. The largest absolute Gasteiger partial charge is 0.374 e. The summed E-state index contributed by atoms with van der Waals surface area (Å²) in [6.07, 6.45) is 8.54. The third kappa shape index (κ3) is 6.07. The van der Waals surface area contributed by atoms with E-state index in [4.69, 9.17) is 4.74 Å². The topological polar surface area (TPSA) is 53.6 Å². The molecule has 0 spiro atoms. The average Bonchev–Trinajstić information content (AvgIpc) is 2.53. The molecule has 1 aliphatic carbocycles. The predicted molar refractivity (Wildman–Crippen MR) is 88.9 cm³/mol. The lowest BCUT2D eigenvalue weighted by Crippen LogP contribution is -2.49. The van der Waals surface area contributed by atoms with Gasteiger partial charge >= 0.3 is 0 Å². The number of nitrogens with one attached hydrogen (secondary N) is 2. The van der Waals surface area contributed by atoms with Gasteiger partial charge in [0.1, 0.15) is 0 Å². The maximum Gasteiger partial charge on any atom is 0.236 e. The van der Waals surface area contributed by atoms with Crippen molar-refractivity contribution in [2.24, 2.45) is 0 Å². The Bertz CT molecular complexity index is 384. The predicted octanol–water partition coefficient (Wildman–Crippen LogP) is 1.30. The van der Waals surface area contributed by atoms with Crippen molar-refractivity contribution in [3.05, 3.63) is 11.6 Å². The highest BCUT2D eigenvalue weighted by Gasteiger charge is 2.19. The van der Waals surface area contributed by atoms with Crippen LogP contribution in [0.3, 0.4) is 0 Å². The molecule has 1 amide bonds. The van der Waals surface area contributed by atoms with Crippen LogP contribution < -0.4 is 10.6 Å². The Morgan fingerprint density at radius 1 is 1.50 bits per heavy atom. The molecule has 2 N–H and O–H groups in total. The second-order valence-corrected chi connectivity index (χ2v) is 6.53. The van der Waals surface area contributed by atoms with E-state index in [1.165, 1.54) is 31.3 Å². The Morgan fingerprint density at radius 2 is 2.36 bits per heavy atom. The fourth-order valence-corrected chi connectivity index (χ4v) is 3.02. The maximum absolute atomic E-state index is 12.1. The number of allylic oxidation sites excluding steroid dienone is 1. The molecule has 5 heteroatoms. The minimum absolute atomic E-state index is 0.0839. The number of ether oxygens (including phenoxy) is 1. The zero-order valence-electron chi connectivity index (χ0n) is 14.1. The molecule has 2 aliphatic rings. The summed E-state index contributed by atoms with van der Waals surface area (Å²) < 4.78 is 5.70. The van der Waals surface area contributed by atoms with Crippen molar-refractivity contribution in [3.8, 4) is 0 Å². The zero-order valence-corrected chi connectivity index (χ0v) is 14.1. The van der Waals surface area contributed by atoms with Crippen molar-refractivity contribution in [3.63, 3.8) is 0 Å². The highest BCUT2D eigenvalue weighted by Crippen LogP contribution is 2.19. The Hall–Kier alpha value is -0.910. The van der Waals surface area contributed by atoms with Crippen molar-refractivity contribution in [1.29, 1.82) is 0 Å². The Morgan fingerprint density at radius 3 is 3.09 bits per heavy atom. The van der Waals surface area contributed by atoms with Gasteiger partial charge in [0, 0.05) is 26.2 Å². The van der Waals surface area contributed by atoms with Gasteiger partial charge in [0.25, 0.3) is 0 Å². The van der Waals surface area contributed by atoms with E-state index in [0.29, 0.717) is 0 Å². The maximum atomic E-state index is 12.1. The minimum Gasteiger partial charge on any atom is -0.374 e. The first kappa shape index (κ1) is 17.4. The van der Waals surface area contributed by atoms with Crippen molar-refractivity contribution in [2.75, 3.05) is 39.8 Å². The molecule has 0 radical (unpaired) electrons. The molecule has 2 rings (SSSR count). The van der Waals surface area contributed by atoms with Crippen LogP contribution in [0.25, 0.3) is 0 Å². The molecule has 0 aromatic carbocycles. The lowest BCUT2D eigenvalue weighted by atomic mass is 9.97. The van der Waals surface area contributed by atoms with Crippen LogP contribution in [0.5, 0.6) is 0 Å². The summed E-state index contributed by atoms with van der Waals surface area (Å²) in [6, 6.07) is -0.170. The van der Waals surface area contributed by atoms with Crippen LogP contribution in [0.1, 0.15) is 39.0 Å². The number of nitrogens with zero attached hydrogens (tertiary/aromatic N) is 1. The summed E-state index contributed by atoms with van der Waals surface area (Å²) in [5, 5.41) is 6.32. The van der Waals surface area contributed by atoms with Crippen LogP contribution in [-0.4, -0.2) is 62.8 Å². The van der Waals surface area contributed by atoms with Gasteiger partial charge in [0.05, 0.1) is 18.8 Å². The van der Waals surface area contributed by atoms with Gasteiger partial charge in [-0.1, -0.05) is 11.6 Å². The Kier molecular flexibility index (Phi) is 7.36. The molecular formula is C17H31N3O2. The molecule has 1 saturated heterocycles. The van der Waals surface area contributed by atoms with Crippen LogP contribution in [0.4, 0.5) is 0 Å². The number of carbonyl (C=O) groups excluding carboxylic acids is 1. The van der Waals surface area contributed by atoms with E-state index in [1.807, 2.05) is 6.92 Å². The van der Waals surface area contributed by atoms with E-state index < -0.39 is 0 Å². The van der Waals surface area contributed by atoms with Gasteiger partial charge in [0.15, 0.2) is 0 Å². The van der Waals surface area contributed by atoms with E-state index in [1.54, 1.807) is 0 Å². The van der Waals surface area contributed by atoms with E-state index in [9.17, 15) is 4.79 Å². The number of hydrogen-bond acceptors (Lipinski definition) is 4. The Labute approximate surface area is 134 Å². The van der Waals surface area contributed by atoms with E-state index in [2.05, 4.69) is 28.7 Å². The molecule has 22 heavy (non-hydrogen) atoms. The number of likely N-dealkylation sites (N-methyl/N-ethyl adjacent to an activating group) is 1. The third-order valence-electron chi connectivity index (χ3n) is 4.52. The second kappa shape index (κ2) is 9.28. The summed E-state index contributed by atoms with van der Waals surface area (Å²) >= 11 is 0. The van der Waals surface area contributed by atoms with Crippen LogP contribution >= 0.6 is 0 Å². The van der Waals surface area contributed by atoms with Gasteiger partial charge in [-0.05, 0) is 46.1 Å². The number of hydrogen-bond donors (Lipinski definition) is 2. The summed E-state index contributed by atoms with van der Waals surface area (Å²) in [6.45, 7) is 6.08. The standard InChI is InChI=1S/C17H31N3O2/c1-14(19-12-16-13-20(2)10-11-22-16)17(21)18-9-8-15-6-4-3-5-7-15/h6,14,16,19H,3-5,7-13H2,1-2H3,(H,18,21). The van der Waals surface area contributed by atoms with Crippen LogP contribution in [0.2, 0.25) is 0 Å². The number of amides is 1. The summed E-state index contributed by atoms with van der Waals surface area (Å²) in [5.41, 5.74) is 1.51. The Balaban J connectivity index is 1.59. The quantitative estimate of drug-likeness (QED) is 0.696. The van der Waals surface area contributed by atoms with E-state index >= 15 is 0 Å². The first-order valence-corrected chi connectivity index (χ1v) is 8.64. The van der Waals surface area contributed by atoms with Crippen LogP contribution in [-0.2, 0) is 9.53 Å². The van der Waals surface area contributed by atoms with Gasteiger partial charge < -0.3 is 20.3 Å². The summed E-state index contributed by atoms with van der Waals surface area (Å²) in [5.74, 6) is 0.0839. The molecule has 2 atom stereocenters. The zero-order chi connectivity index (χ0) is 15.8. The SMILES string of the molecule is CC(NCC1CN(C)CCO1)C(=O)NCCC1=CCCCC1.